The van der Waals surface area contributed by atoms with E-state index in [4.69, 9.17) is 0 Å². The zero-order valence-electron chi connectivity index (χ0n) is 8.61. The third-order valence-corrected chi connectivity index (χ3v) is 2.03. The van der Waals surface area contributed by atoms with Gasteiger partial charge >= 0.3 is 5.69 Å². The molecule has 0 atom stereocenters. The van der Waals surface area contributed by atoms with Gasteiger partial charge in [-0.3, -0.25) is 9.78 Å². The summed E-state index contributed by atoms with van der Waals surface area (Å²) in [5.41, 5.74) is -0.258. The summed E-state index contributed by atoms with van der Waals surface area (Å²) in [4.78, 5) is 28.3. The van der Waals surface area contributed by atoms with E-state index in [2.05, 4.69) is 15.3 Å². The van der Waals surface area contributed by atoms with Gasteiger partial charge in [-0.15, -0.1) is 0 Å². The molecule has 17 heavy (non-hydrogen) atoms. The monoisotopic (exact) mass is 233 g/mol. The second-order valence-corrected chi connectivity index (χ2v) is 3.25. The van der Waals surface area contributed by atoms with E-state index in [1.165, 1.54) is 36.5 Å². The summed E-state index contributed by atoms with van der Waals surface area (Å²) in [5, 5.41) is 2.46. The lowest BCUT2D eigenvalue weighted by Gasteiger charge is -2.03. The quantitative estimate of drug-likeness (QED) is 0.817. The summed E-state index contributed by atoms with van der Waals surface area (Å²) in [6, 6.07) is 6.52. The predicted octanol–water partition coefficient (Wildman–Crippen LogP) is 1.16. The molecule has 0 spiro atoms. The molecule has 86 valence electrons. The number of amides is 1. The van der Waals surface area contributed by atoms with Crippen LogP contribution in [-0.2, 0) is 0 Å². The molecule has 0 aliphatic rings. The van der Waals surface area contributed by atoms with Crippen LogP contribution in [0.2, 0.25) is 0 Å². The van der Waals surface area contributed by atoms with E-state index < -0.39 is 17.4 Å². The van der Waals surface area contributed by atoms with Crippen LogP contribution in [0.25, 0.3) is 0 Å². The van der Waals surface area contributed by atoms with Crippen molar-refractivity contribution in [3.8, 4) is 0 Å². The van der Waals surface area contributed by atoms with Crippen LogP contribution in [0, 0.1) is 5.82 Å². The Hall–Kier alpha value is -2.50. The first kappa shape index (κ1) is 11.0. The maximum Gasteiger partial charge on any atom is 0.346 e. The first-order chi connectivity index (χ1) is 8.15. The Balaban J connectivity index is 2.17. The first-order valence-corrected chi connectivity index (χ1v) is 4.77. The van der Waals surface area contributed by atoms with Crippen LogP contribution in [0.15, 0.2) is 41.3 Å². The Kier molecular flexibility index (Phi) is 2.95. The number of carbonyl (C=O) groups is 1. The van der Waals surface area contributed by atoms with Gasteiger partial charge in [0, 0.05) is 11.8 Å². The summed E-state index contributed by atoms with van der Waals surface area (Å²) >= 11 is 0. The van der Waals surface area contributed by atoms with Gasteiger partial charge in [-0.25, -0.2) is 14.2 Å². The molecule has 0 aliphatic carbocycles. The Morgan fingerprint density at radius 1 is 1.24 bits per heavy atom. The molecular weight excluding hydrogens is 225 g/mol. The van der Waals surface area contributed by atoms with Crippen LogP contribution in [0.4, 0.5) is 10.2 Å². The molecule has 0 unspecified atom stereocenters. The number of halogens is 1. The van der Waals surface area contributed by atoms with Crippen molar-refractivity contribution >= 4 is 11.7 Å². The van der Waals surface area contributed by atoms with Gasteiger partial charge in [0.15, 0.2) is 0 Å². The van der Waals surface area contributed by atoms with Crippen molar-refractivity contribution < 1.29 is 9.18 Å². The molecule has 0 radical (unpaired) electrons. The Morgan fingerprint density at radius 2 is 1.94 bits per heavy atom. The molecule has 5 nitrogen and oxygen atoms in total. The lowest BCUT2D eigenvalue weighted by molar-refractivity contribution is 0.102. The van der Waals surface area contributed by atoms with E-state index >= 15 is 0 Å². The third kappa shape index (κ3) is 2.75. The fourth-order valence-corrected chi connectivity index (χ4v) is 1.24. The van der Waals surface area contributed by atoms with Gasteiger partial charge in [-0.2, -0.15) is 0 Å². The van der Waals surface area contributed by atoms with Crippen LogP contribution in [0.5, 0.6) is 0 Å². The van der Waals surface area contributed by atoms with Crippen LogP contribution in [0.1, 0.15) is 10.4 Å². The van der Waals surface area contributed by atoms with Crippen molar-refractivity contribution in [3.05, 3.63) is 58.4 Å². The largest absolute Gasteiger partial charge is 0.346 e. The molecule has 0 saturated carbocycles. The molecule has 1 aromatic heterocycles. The molecule has 1 heterocycles. The van der Waals surface area contributed by atoms with Gasteiger partial charge in [0.2, 0.25) is 0 Å². The van der Waals surface area contributed by atoms with Gasteiger partial charge in [-0.1, -0.05) is 0 Å². The number of rotatable bonds is 2. The minimum absolute atomic E-state index is 0.235. The molecule has 6 heteroatoms. The fourth-order valence-electron chi connectivity index (χ4n) is 1.24. The minimum Gasteiger partial charge on any atom is -0.308 e. The SMILES string of the molecule is O=C(Nc1ccnc(=O)[nH]1)c1ccc(F)cc1. The van der Waals surface area contributed by atoms with Crippen molar-refractivity contribution in [1.29, 1.82) is 0 Å². The van der Waals surface area contributed by atoms with Gasteiger partial charge in [-0.05, 0) is 30.3 Å². The number of hydrogen-bond donors (Lipinski definition) is 2. The average molecular weight is 233 g/mol. The molecule has 2 N–H and O–H groups in total. The van der Waals surface area contributed by atoms with Crippen LogP contribution in [0.3, 0.4) is 0 Å². The number of carbonyl (C=O) groups excluding carboxylic acids is 1. The molecular formula is C11H8FN3O2. The summed E-state index contributed by atoms with van der Waals surface area (Å²) in [6.07, 6.45) is 1.28. The molecule has 0 bridgehead atoms. The lowest BCUT2D eigenvalue weighted by Crippen LogP contribution is -2.17. The Labute approximate surface area is 95.3 Å². The Bertz CT molecular complexity index is 592. The van der Waals surface area contributed by atoms with E-state index in [1.807, 2.05) is 0 Å². The van der Waals surface area contributed by atoms with Gasteiger partial charge < -0.3 is 5.32 Å². The highest BCUT2D eigenvalue weighted by atomic mass is 19.1. The zero-order chi connectivity index (χ0) is 12.3. The van der Waals surface area contributed by atoms with Gasteiger partial charge in [0.25, 0.3) is 5.91 Å². The van der Waals surface area contributed by atoms with Crippen molar-refractivity contribution in [2.45, 2.75) is 0 Å². The van der Waals surface area contributed by atoms with Gasteiger partial charge in [0.1, 0.15) is 11.6 Å². The summed E-state index contributed by atoms with van der Waals surface area (Å²) in [7, 11) is 0. The van der Waals surface area contributed by atoms with E-state index in [-0.39, 0.29) is 5.82 Å². The molecule has 2 aromatic rings. The van der Waals surface area contributed by atoms with E-state index in [9.17, 15) is 14.0 Å². The fraction of sp³-hybridized carbons (Fsp3) is 0. The molecule has 2 rings (SSSR count). The van der Waals surface area contributed by atoms with E-state index in [0.29, 0.717) is 5.56 Å². The maximum atomic E-state index is 12.6. The Morgan fingerprint density at radius 3 is 2.59 bits per heavy atom. The third-order valence-electron chi connectivity index (χ3n) is 2.03. The van der Waals surface area contributed by atoms with Crippen LogP contribution < -0.4 is 11.0 Å². The van der Waals surface area contributed by atoms with Crippen LogP contribution >= 0.6 is 0 Å². The normalized spacial score (nSPS) is 9.94. The molecule has 0 saturated heterocycles. The second-order valence-electron chi connectivity index (χ2n) is 3.25. The number of nitrogens with zero attached hydrogens (tertiary/aromatic N) is 1. The molecule has 1 amide bonds. The number of aromatic amines is 1. The van der Waals surface area contributed by atoms with Gasteiger partial charge in [0.05, 0.1) is 0 Å². The summed E-state index contributed by atoms with van der Waals surface area (Å²) in [6.45, 7) is 0. The van der Waals surface area contributed by atoms with E-state index in [1.54, 1.807) is 0 Å². The summed E-state index contributed by atoms with van der Waals surface area (Å²) < 4.78 is 12.6. The average Bonchev–Trinajstić information content (AvgIpc) is 2.29. The minimum atomic E-state index is -0.554. The number of nitrogens with one attached hydrogen (secondary N) is 2. The first-order valence-electron chi connectivity index (χ1n) is 4.77. The van der Waals surface area contributed by atoms with Crippen LogP contribution in [-0.4, -0.2) is 15.9 Å². The maximum absolute atomic E-state index is 12.6. The standard InChI is InChI=1S/C11H8FN3O2/c12-8-3-1-7(2-4-8)10(16)14-9-5-6-13-11(17)15-9/h1-6H,(H2,13,14,15,16,17). The number of benzene rings is 1. The molecule has 1 aromatic carbocycles. The highest BCUT2D eigenvalue weighted by molar-refractivity contribution is 6.03. The zero-order valence-corrected chi connectivity index (χ0v) is 8.61. The van der Waals surface area contributed by atoms with Crippen molar-refractivity contribution in [2.24, 2.45) is 0 Å². The smallest absolute Gasteiger partial charge is 0.308 e. The van der Waals surface area contributed by atoms with Crippen molar-refractivity contribution in [2.75, 3.05) is 5.32 Å². The predicted molar refractivity (Wildman–Crippen MR) is 59.2 cm³/mol. The topological polar surface area (TPSA) is 74.8 Å². The number of hydrogen-bond acceptors (Lipinski definition) is 3. The number of anilines is 1. The number of H-pyrrole nitrogens is 1. The number of aromatic nitrogens is 2. The lowest BCUT2D eigenvalue weighted by atomic mass is 10.2. The van der Waals surface area contributed by atoms with Crippen molar-refractivity contribution in [3.63, 3.8) is 0 Å². The van der Waals surface area contributed by atoms with E-state index in [0.717, 1.165) is 0 Å². The molecule has 0 fully saturated rings. The second kappa shape index (κ2) is 4.56. The highest BCUT2D eigenvalue weighted by Crippen LogP contribution is 2.05. The highest BCUT2D eigenvalue weighted by Gasteiger charge is 2.06. The van der Waals surface area contributed by atoms with Crippen molar-refractivity contribution in [1.82, 2.24) is 9.97 Å². The molecule has 0 aliphatic heterocycles. The summed E-state index contributed by atoms with van der Waals surface area (Å²) in [5.74, 6) is -0.620.